The van der Waals surface area contributed by atoms with E-state index in [0.717, 1.165) is 12.8 Å². The van der Waals surface area contributed by atoms with Crippen molar-refractivity contribution in [1.29, 1.82) is 0 Å². The lowest BCUT2D eigenvalue weighted by Gasteiger charge is -2.38. The van der Waals surface area contributed by atoms with Gasteiger partial charge in [-0.1, -0.05) is 0 Å². The summed E-state index contributed by atoms with van der Waals surface area (Å²) in [4.78, 5) is 12.0. The number of hydrogen-bond donors (Lipinski definition) is 2. The summed E-state index contributed by atoms with van der Waals surface area (Å²) in [7, 11) is 0. The third-order valence-corrected chi connectivity index (χ3v) is 3.34. The van der Waals surface area contributed by atoms with Gasteiger partial charge in [0.2, 0.25) is 0 Å². The summed E-state index contributed by atoms with van der Waals surface area (Å²) in [5.74, 6) is -0.128. The summed E-state index contributed by atoms with van der Waals surface area (Å²) in [5, 5.41) is 3.00. The van der Waals surface area contributed by atoms with Crippen LogP contribution < -0.4 is 11.1 Å². The first-order valence-corrected chi connectivity index (χ1v) is 6.05. The molecule has 2 fully saturated rings. The first-order chi connectivity index (χ1) is 8.26. The Bertz CT molecular complexity index is 260. The maximum atomic E-state index is 12.0. The summed E-state index contributed by atoms with van der Waals surface area (Å²) in [6, 6.07) is 0. The van der Waals surface area contributed by atoms with Crippen molar-refractivity contribution in [2.24, 2.45) is 5.73 Å². The highest BCUT2D eigenvalue weighted by Gasteiger charge is 2.35. The Morgan fingerprint density at radius 3 is 2.59 bits per heavy atom. The second-order valence-electron chi connectivity index (χ2n) is 4.52. The van der Waals surface area contributed by atoms with Crippen LogP contribution in [0.4, 0.5) is 0 Å². The van der Waals surface area contributed by atoms with Crippen molar-refractivity contribution in [2.75, 3.05) is 39.6 Å². The second-order valence-corrected chi connectivity index (χ2v) is 4.52. The van der Waals surface area contributed by atoms with E-state index in [1.165, 1.54) is 0 Å². The summed E-state index contributed by atoms with van der Waals surface area (Å²) in [6.45, 7) is 3.05. The fraction of sp³-hybridized carbons (Fsp3) is 0.909. The predicted molar refractivity (Wildman–Crippen MR) is 60.5 cm³/mol. The van der Waals surface area contributed by atoms with Crippen LogP contribution in [0.5, 0.6) is 0 Å². The van der Waals surface area contributed by atoms with Crippen LogP contribution >= 0.6 is 0 Å². The minimum absolute atomic E-state index is 0.128. The lowest BCUT2D eigenvalue weighted by atomic mass is 9.90. The van der Waals surface area contributed by atoms with Gasteiger partial charge in [-0.15, -0.1) is 0 Å². The average molecular weight is 244 g/mol. The number of nitrogens with two attached hydrogens (primary N) is 1. The topological polar surface area (TPSA) is 82.8 Å². The maximum absolute atomic E-state index is 12.0. The molecule has 1 amide bonds. The first kappa shape index (κ1) is 12.8. The highest BCUT2D eigenvalue weighted by molar-refractivity contribution is 5.81. The molecule has 2 rings (SSSR count). The number of nitrogens with one attached hydrogen (secondary N) is 1. The van der Waals surface area contributed by atoms with Gasteiger partial charge in [0.1, 0.15) is 0 Å². The highest BCUT2D eigenvalue weighted by atomic mass is 16.6. The zero-order valence-electron chi connectivity index (χ0n) is 9.94. The van der Waals surface area contributed by atoms with E-state index in [1.54, 1.807) is 0 Å². The van der Waals surface area contributed by atoms with Gasteiger partial charge in [-0.2, -0.15) is 0 Å². The van der Waals surface area contributed by atoms with Gasteiger partial charge in [-0.3, -0.25) is 4.79 Å². The van der Waals surface area contributed by atoms with Crippen LogP contribution in [-0.2, 0) is 19.0 Å². The molecule has 0 saturated carbocycles. The lowest BCUT2D eigenvalue weighted by Crippen LogP contribution is -2.59. The van der Waals surface area contributed by atoms with E-state index in [4.69, 9.17) is 19.9 Å². The van der Waals surface area contributed by atoms with Crippen LogP contribution in [-0.4, -0.2) is 57.1 Å². The molecule has 0 aromatic carbocycles. The van der Waals surface area contributed by atoms with E-state index in [0.29, 0.717) is 39.6 Å². The largest absolute Gasteiger partial charge is 0.381 e. The fourth-order valence-electron chi connectivity index (χ4n) is 2.12. The number of ether oxygens (including phenoxy) is 3. The van der Waals surface area contributed by atoms with Gasteiger partial charge in [0.05, 0.1) is 25.4 Å². The molecule has 0 aliphatic carbocycles. The SMILES string of the molecule is NCC1(NC(=O)C2COCCO2)CCOCC1. The van der Waals surface area contributed by atoms with Crippen molar-refractivity contribution >= 4 is 5.91 Å². The molecule has 1 unspecified atom stereocenters. The molecule has 0 bridgehead atoms. The predicted octanol–water partition coefficient (Wildman–Crippen LogP) is -0.974. The van der Waals surface area contributed by atoms with E-state index in [-0.39, 0.29) is 11.4 Å². The molecule has 0 radical (unpaired) electrons. The Morgan fingerprint density at radius 2 is 2.00 bits per heavy atom. The molecule has 2 aliphatic rings. The normalized spacial score (nSPS) is 28.6. The minimum atomic E-state index is -0.505. The molecule has 98 valence electrons. The summed E-state index contributed by atoms with van der Waals surface area (Å²) >= 11 is 0. The standard InChI is InChI=1S/C11H20N2O4/c12-8-11(1-3-15-4-2-11)13-10(14)9-7-16-5-6-17-9/h9H,1-8,12H2,(H,13,14). The molecular weight excluding hydrogens is 224 g/mol. The van der Waals surface area contributed by atoms with Gasteiger partial charge >= 0.3 is 0 Å². The van der Waals surface area contributed by atoms with Gasteiger partial charge in [0.25, 0.3) is 5.91 Å². The smallest absolute Gasteiger partial charge is 0.252 e. The van der Waals surface area contributed by atoms with Crippen molar-refractivity contribution in [3.8, 4) is 0 Å². The average Bonchev–Trinajstić information content (AvgIpc) is 2.41. The van der Waals surface area contributed by atoms with Gasteiger partial charge in [-0.25, -0.2) is 0 Å². The van der Waals surface area contributed by atoms with Crippen molar-refractivity contribution in [2.45, 2.75) is 24.5 Å². The van der Waals surface area contributed by atoms with Crippen molar-refractivity contribution in [3.05, 3.63) is 0 Å². The molecule has 0 aromatic rings. The molecule has 0 spiro atoms. The highest BCUT2D eigenvalue weighted by Crippen LogP contribution is 2.19. The molecule has 3 N–H and O–H groups in total. The van der Waals surface area contributed by atoms with Crippen LogP contribution in [0.3, 0.4) is 0 Å². The fourth-order valence-corrected chi connectivity index (χ4v) is 2.12. The summed E-state index contributed by atoms with van der Waals surface area (Å²) in [5.41, 5.74) is 5.44. The number of carbonyl (C=O) groups excluding carboxylic acids is 1. The van der Waals surface area contributed by atoms with Crippen LogP contribution in [0.2, 0.25) is 0 Å². The van der Waals surface area contributed by atoms with E-state index >= 15 is 0 Å². The van der Waals surface area contributed by atoms with Gasteiger partial charge in [-0.05, 0) is 12.8 Å². The Morgan fingerprint density at radius 1 is 1.24 bits per heavy atom. The molecule has 6 heteroatoms. The Hall–Kier alpha value is -0.690. The second kappa shape index (κ2) is 5.77. The quantitative estimate of drug-likeness (QED) is 0.667. The van der Waals surface area contributed by atoms with Crippen LogP contribution in [0.25, 0.3) is 0 Å². The monoisotopic (exact) mass is 244 g/mol. The minimum Gasteiger partial charge on any atom is -0.381 e. The molecule has 2 saturated heterocycles. The van der Waals surface area contributed by atoms with E-state index in [9.17, 15) is 4.79 Å². The lowest BCUT2D eigenvalue weighted by molar-refractivity contribution is -0.150. The van der Waals surface area contributed by atoms with E-state index in [1.807, 2.05) is 0 Å². The molecule has 1 atom stereocenters. The van der Waals surface area contributed by atoms with E-state index < -0.39 is 6.10 Å². The van der Waals surface area contributed by atoms with Crippen LogP contribution in [0.15, 0.2) is 0 Å². The van der Waals surface area contributed by atoms with Crippen LogP contribution in [0, 0.1) is 0 Å². The molecular formula is C11H20N2O4. The Balaban J connectivity index is 1.90. The van der Waals surface area contributed by atoms with Crippen molar-refractivity contribution in [3.63, 3.8) is 0 Å². The Labute approximate surface area is 101 Å². The first-order valence-electron chi connectivity index (χ1n) is 6.05. The number of carbonyl (C=O) groups is 1. The third kappa shape index (κ3) is 3.16. The van der Waals surface area contributed by atoms with Gasteiger partial charge in [0, 0.05) is 19.8 Å². The van der Waals surface area contributed by atoms with Gasteiger partial charge < -0.3 is 25.3 Å². The number of amides is 1. The van der Waals surface area contributed by atoms with E-state index in [2.05, 4.69) is 5.32 Å². The van der Waals surface area contributed by atoms with Gasteiger partial charge in [0.15, 0.2) is 6.10 Å². The molecule has 17 heavy (non-hydrogen) atoms. The van der Waals surface area contributed by atoms with Crippen LogP contribution in [0.1, 0.15) is 12.8 Å². The summed E-state index contributed by atoms with van der Waals surface area (Å²) < 4.78 is 15.9. The number of rotatable bonds is 3. The zero-order chi connectivity index (χ0) is 12.1. The maximum Gasteiger partial charge on any atom is 0.252 e. The third-order valence-electron chi connectivity index (χ3n) is 3.34. The molecule has 0 aromatic heterocycles. The molecule has 2 aliphatic heterocycles. The van der Waals surface area contributed by atoms with Crippen molar-refractivity contribution < 1.29 is 19.0 Å². The number of hydrogen-bond acceptors (Lipinski definition) is 5. The molecule has 6 nitrogen and oxygen atoms in total. The summed E-state index contributed by atoms with van der Waals surface area (Å²) in [6.07, 6.45) is 1.00. The van der Waals surface area contributed by atoms with Crippen molar-refractivity contribution in [1.82, 2.24) is 5.32 Å². The Kier molecular flexibility index (Phi) is 4.33. The molecule has 2 heterocycles. The zero-order valence-corrected chi connectivity index (χ0v) is 9.94.